The van der Waals surface area contributed by atoms with Gasteiger partial charge in [-0.2, -0.15) is 0 Å². The number of hydrogen-bond donors (Lipinski definition) is 0. The van der Waals surface area contributed by atoms with Crippen LogP contribution in [0.2, 0.25) is 5.02 Å². The predicted molar refractivity (Wildman–Crippen MR) is 91.3 cm³/mol. The van der Waals surface area contributed by atoms with Crippen molar-refractivity contribution in [1.82, 2.24) is 10.2 Å². The number of aromatic nitrogens is 2. The Morgan fingerprint density at radius 1 is 1.29 bits per heavy atom. The monoisotopic (exact) mass is 386 g/mol. The zero-order chi connectivity index (χ0) is 17.2. The molecule has 0 amide bonds. The lowest BCUT2D eigenvalue weighted by Gasteiger charge is -2.02. The van der Waals surface area contributed by atoms with Gasteiger partial charge in [-0.25, -0.2) is 8.42 Å². The number of rotatable bonds is 6. The minimum Gasteiger partial charge on any atom is -0.416 e. The number of carbonyl (C=O) groups is 1. The number of carbonyl (C=O) groups excluding carboxylic acids is 1. The molecule has 2 aromatic rings. The van der Waals surface area contributed by atoms with Crippen LogP contribution in [0, 0.1) is 5.92 Å². The molecule has 1 aliphatic rings. The number of benzene rings is 1. The fourth-order valence-corrected chi connectivity index (χ4v) is 5.17. The first-order valence-corrected chi connectivity index (χ1v) is 10.5. The summed E-state index contributed by atoms with van der Waals surface area (Å²) in [6, 6.07) is 6.68. The average Bonchev–Trinajstić information content (AvgIpc) is 3.12. The van der Waals surface area contributed by atoms with Gasteiger partial charge >= 0.3 is 0 Å². The third kappa shape index (κ3) is 4.58. The highest BCUT2D eigenvalue weighted by Gasteiger charge is 2.29. The molecule has 1 fully saturated rings. The van der Waals surface area contributed by atoms with Crippen molar-refractivity contribution in [3.05, 3.63) is 40.7 Å². The topological polar surface area (TPSA) is 90.1 Å². The number of Topliss-reactive ketones (excluding diaryl/α,β-unsaturated/α-hetero) is 1. The van der Waals surface area contributed by atoms with Crippen LogP contribution in [0.3, 0.4) is 0 Å². The van der Waals surface area contributed by atoms with Crippen LogP contribution in [-0.4, -0.2) is 41.7 Å². The van der Waals surface area contributed by atoms with Crippen LogP contribution >= 0.6 is 23.4 Å². The number of sulfone groups is 1. The van der Waals surface area contributed by atoms with Gasteiger partial charge in [0, 0.05) is 17.0 Å². The zero-order valence-electron chi connectivity index (χ0n) is 12.6. The summed E-state index contributed by atoms with van der Waals surface area (Å²) in [5.74, 6) is 0.970. The van der Waals surface area contributed by atoms with Crippen molar-refractivity contribution in [1.29, 1.82) is 0 Å². The van der Waals surface area contributed by atoms with E-state index in [-0.39, 0.29) is 29.0 Å². The summed E-state index contributed by atoms with van der Waals surface area (Å²) >= 11 is 6.96. The Hall–Kier alpha value is -1.38. The van der Waals surface area contributed by atoms with E-state index in [1.807, 2.05) is 0 Å². The van der Waals surface area contributed by atoms with E-state index >= 15 is 0 Å². The number of thioether (sulfide) groups is 1. The molecule has 24 heavy (non-hydrogen) atoms. The van der Waals surface area contributed by atoms with E-state index in [1.54, 1.807) is 24.3 Å². The Kier molecular flexibility index (Phi) is 5.27. The molecule has 2 heterocycles. The molecule has 0 radical (unpaired) electrons. The van der Waals surface area contributed by atoms with Crippen LogP contribution in [0.5, 0.6) is 0 Å². The van der Waals surface area contributed by atoms with Gasteiger partial charge in [0.05, 0.1) is 17.3 Å². The first kappa shape index (κ1) is 17.4. The molecule has 9 heteroatoms. The van der Waals surface area contributed by atoms with Gasteiger partial charge < -0.3 is 4.42 Å². The Bertz CT molecular complexity index is 833. The maximum Gasteiger partial charge on any atom is 0.277 e. The fourth-order valence-electron chi connectivity index (χ4n) is 2.51. The molecule has 0 saturated carbocycles. The van der Waals surface area contributed by atoms with E-state index in [9.17, 15) is 13.2 Å². The van der Waals surface area contributed by atoms with Crippen molar-refractivity contribution >= 4 is 39.0 Å². The van der Waals surface area contributed by atoms with Gasteiger partial charge in [0.1, 0.15) is 0 Å². The molecule has 1 aromatic heterocycles. The molecule has 6 nitrogen and oxygen atoms in total. The van der Waals surface area contributed by atoms with E-state index in [4.69, 9.17) is 16.0 Å². The molecule has 0 spiro atoms. The highest BCUT2D eigenvalue weighted by molar-refractivity contribution is 7.99. The number of halogens is 1. The fraction of sp³-hybridized carbons (Fsp3) is 0.400. The Labute approximate surface area is 148 Å². The van der Waals surface area contributed by atoms with Crippen LogP contribution in [-0.2, 0) is 16.3 Å². The van der Waals surface area contributed by atoms with Gasteiger partial charge in [-0.1, -0.05) is 23.4 Å². The molecule has 1 aromatic carbocycles. The normalized spacial score (nSPS) is 19.5. The van der Waals surface area contributed by atoms with Gasteiger partial charge in [0.25, 0.3) is 5.22 Å². The highest BCUT2D eigenvalue weighted by atomic mass is 35.5. The molecule has 0 unspecified atom stereocenters. The van der Waals surface area contributed by atoms with E-state index in [0.29, 0.717) is 34.5 Å². The second kappa shape index (κ2) is 7.25. The Morgan fingerprint density at radius 3 is 2.71 bits per heavy atom. The maximum absolute atomic E-state index is 12.1. The summed E-state index contributed by atoms with van der Waals surface area (Å²) in [6.45, 7) is 0. The quantitative estimate of drug-likeness (QED) is 0.556. The zero-order valence-corrected chi connectivity index (χ0v) is 15.0. The largest absolute Gasteiger partial charge is 0.416 e. The molecule has 0 aliphatic carbocycles. The SMILES string of the molecule is O=C(CSc1nnc(C[C@H]2CCS(=O)(=O)C2)o1)c1ccc(Cl)cc1. The summed E-state index contributed by atoms with van der Waals surface area (Å²) in [5.41, 5.74) is 0.572. The summed E-state index contributed by atoms with van der Waals surface area (Å²) in [4.78, 5) is 12.1. The van der Waals surface area contributed by atoms with E-state index in [2.05, 4.69) is 10.2 Å². The van der Waals surface area contributed by atoms with Crippen LogP contribution in [0.4, 0.5) is 0 Å². The molecule has 1 aliphatic heterocycles. The third-order valence-electron chi connectivity index (χ3n) is 3.73. The van der Waals surface area contributed by atoms with Crippen molar-refractivity contribution in [2.75, 3.05) is 17.3 Å². The summed E-state index contributed by atoms with van der Waals surface area (Å²) in [5, 5.41) is 8.72. The van der Waals surface area contributed by atoms with Crippen molar-refractivity contribution in [3.8, 4) is 0 Å². The lowest BCUT2D eigenvalue weighted by molar-refractivity contribution is 0.102. The molecule has 1 atom stereocenters. The second-order valence-electron chi connectivity index (χ2n) is 5.65. The van der Waals surface area contributed by atoms with E-state index in [0.717, 1.165) is 0 Å². The van der Waals surface area contributed by atoms with E-state index in [1.165, 1.54) is 11.8 Å². The standard InChI is InChI=1S/C15H15ClN2O4S2/c16-12-3-1-11(2-4-12)13(19)8-23-15-18-17-14(22-15)7-10-5-6-24(20,21)9-10/h1-4,10H,5-9H2/t10-/m1/s1. The Morgan fingerprint density at radius 2 is 2.04 bits per heavy atom. The molecule has 0 bridgehead atoms. The summed E-state index contributed by atoms with van der Waals surface area (Å²) in [7, 11) is -2.91. The average molecular weight is 387 g/mol. The number of hydrogen-bond acceptors (Lipinski definition) is 7. The molecule has 3 rings (SSSR count). The van der Waals surface area contributed by atoms with Crippen LogP contribution in [0.15, 0.2) is 33.9 Å². The molecular formula is C15H15ClN2O4S2. The van der Waals surface area contributed by atoms with Crippen molar-refractivity contribution in [3.63, 3.8) is 0 Å². The van der Waals surface area contributed by atoms with Gasteiger partial charge in [0.15, 0.2) is 15.6 Å². The lowest BCUT2D eigenvalue weighted by Crippen LogP contribution is -2.07. The number of ketones is 1. The van der Waals surface area contributed by atoms with Gasteiger partial charge in [0.2, 0.25) is 5.89 Å². The second-order valence-corrected chi connectivity index (χ2v) is 9.25. The van der Waals surface area contributed by atoms with Gasteiger partial charge in [-0.3, -0.25) is 4.79 Å². The summed E-state index contributed by atoms with van der Waals surface area (Å²) in [6.07, 6.45) is 1.08. The van der Waals surface area contributed by atoms with Gasteiger partial charge in [-0.15, -0.1) is 10.2 Å². The minimum atomic E-state index is -2.91. The van der Waals surface area contributed by atoms with Gasteiger partial charge in [-0.05, 0) is 36.6 Å². The molecular weight excluding hydrogens is 372 g/mol. The Balaban J connectivity index is 1.52. The van der Waals surface area contributed by atoms with Crippen molar-refractivity contribution in [2.45, 2.75) is 18.1 Å². The van der Waals surface area contributed by atoms with Crippen LogP contribution in [0.25, 0.3) is 0 Å². The maximum atomic E-state index is 12.1. The summed E-state index contributed by atoms with van der Waals surface area (Å²) < 4.78 is 28.4. The minimum absolute atomic E-state index is 0.0315. The first-order chi connectivity index (χ1) is 11.4. The third-order valence-corrected chi connectivity index (χ3v) is 6.64. The molecule has 0 N–H and O–H groups in total. The molecule has 1 saturated heterocycles. The van der Waals surface area contributed by atoms with Crippen LogP contribution < -0.4 is 0 Å². The van der Waals surface area contributed by atoms with Crippen molar-refractivity contribution < 1.29 is 17.6 Å². The van der Waals surface area contributed by atoms with Crippen molar-refractivity contribution in [2.24, 2.45) is 5.92 Å². The molecule has 128 valence electrons. The smallest absolute Gasteiger partial charge is 0.277 e. The van der Waals surface area contributed by atoms with Crippen LogP contribution in [0.1, 0.15) is 22.7 Å². The predicted octanol–water partition coefficient (Wildman–Crippen LogP) is 2.68. The van der Waals surface area contributed by atoms with E-state index < -0.39 is 9.84 Å². The lowest BCUT2D eigenvalue weighted by atomic mass is 10.1. The highest BCUT2D eigenvalue weighted by Crippen LogP contribution is 2.24. The number of nitrogens with zero attached hydrogens (tertiary/aromatic N) is 2. The first-order valence-electron chi connectivity index (χ1n) is 7.36.